The van der Waals surface area contributed by atoms with Gasteiger partial charge in [-0.3, -0.25) is 4.98 Å². The van der Waals surface area contributed by atoms with Gasteiger partial charge in [0.25, 0.3) is 0 Å². The van der Waals surface area contributed by atoms with Gasteiger partial charge in [0.15, 0.2) is 0 Å². The molecule has 0 radical (unpaired) electrons. The van der Waals surface area contributed by atoms with E-state index in [0.717, 1.165) is 5.56 Å². The van der Waals surface area contributed by atoms with E-state index in [1.165, 1.54) is 6.20 Å². The lowest BCUT2D eigenvalue weighted by Gasteiger charge is -2.09. The highest BCUT2D eigenvalue weighted by Gasteiger charge is 2.12. The standard InChI is InChI=1S/C14H12ClNO3/c1-9-5-13(12(7-16-9)14(17)18)19-8-10-3-2-4-11(15)6-10/h2-7H,8H2,1H3,(H,17,18). The fourth-order valence-corrected chi connectivity index (χ4v) is 1.82. The second-order valence-corrected chi connectivity index (χ2v) is 4.48. The number of aromatic carboxylic acids is 1. The van der Waals surface area contributed by atoms with Gasteiger partial charge in [0.2, 0.25) is 0 Å². The summed E-state index contributed by atoms with van der Waals surface area (Å²) in [6.07, 6.45) is 1.30. The van der Waals surface area contributed by atoms with E-state index in [9.17, 15) is 4.79 Å². The molecule has 19 heavy (non-hydrogen) atoms. The topological polar surface area (TPSA) is 59.4 Å². The van der Waals surface area contributed by atoms with Crippen molar-refractivity contribution in [2.24, 2.45) is 0 Å². The van der Waals surface area contributed by atoms with Crippen molar-refractivity contribution in [3.63, 3.8) is 0 Å². The van der Waals surface area contributed by atoms with Crippen molar-refractivity contribution in [2.45, 2.75) is 13.5 Å². The van der Waals surface area contributed by atoms with Gasteiger partial charge in [-0.05, 0) is 24.6 Å². The number of ether oxygens (including phenoxy) is 1. The van der Waals surface area contributed by atoms with Gasteiger partial charge < -0.3 is 9.84 Å². The van der Waals surface area contributed by atoms with E-state index in [-0.39, 0.29) is 12.2 Å². The largest absolute Gasteiger partial charge is 0.488 e. The van der Waals surface area contributed by atoms with Gasteiger partial charge in [-0.1, -0.05) is 23.7 Å². The molecule has 0 atom stereocenters. The number of benzene rings is 1. The van der Waals surface area contributed by atoms with Crippen LogP contribution in [0.5, 0.6) is 5.75 Å². The predicted octanol–water partition coefficient (Wildman–Crippen LogP) is 3.32. The lowest BCUT2D eigenvalue weighted by Crippen LogP contribution is -2.04. The lowest BCUT2D eigenvalue weighted by atomic mass is 10.2. The maximum absolute atomic E-state index is 11.1. The maximum atomic E-state index is 11.1. The predicted molar refractivity (Wildman–Crippen MR) is 71.7 cm³/mol. The van der Waals surface area contributed by atoms with Gasteiger partial charge in [-0.25, -0.2) is 4.79 Å². The first-order valence-corrected chi connectivity index (χ1v) is 6.01. The summed E-state index contributed by atoms with van der Waals surface area (Å²) < 4.78 is 5.54. The summed E-state index contributed by atoms with van der Waals surface area (Å²) in [5.74, 6) is -0.756. The van der Waals surface area contributed by atoms with Crippen molar-refractivity contribution < 1.29 is 14.6 Å². The number of nitrogens with zero attached hydrogens (tertiary/aromatic N) is 1. The second-order valence-electron chi connectivity index (χ2n) is 4.05. The molecule has 5 heteroatoms. The maximum Gasteiger partial charge on any atom is 0.341 e. The molecule has 0 saturated heterocycles. The zero-order valence-electron chi connectivity index (χ0n) is 10.3. The minimum Gasteiger partial charge on any atom is -0.488 e. The molecule has 2 aromatic rings. The number of rotatable bonds is 4. The number of hydrogen-bond donors (Lipinski definition) is 1. The summed E-state index contributed by atoms with van der Waals surface area (Å²) in [6.45, 7) is 2.03. The van der Waals surface area contributed by atoms with E-state index >= 15 is 0 Å². The van der Waals surface area contributed by atoms with E-state index in [2.05, 4.69) is 4.98 Å². The molecule has 0 fully saturated rings. The molecule has 0 bridgehead atoms. The third-order valence-electron chi connectivity index (χ3n) is 2.52. The highest BCUT2D eigenvalue weighted by molar-refractivity contribution is 6.30. The average Bonchev–Trinajstić information content (AvgIpc) is 2.36. The fraction of sp³-hybridized carbons (Fsp3) is 0.143. The van der Waals surface area contributed by atoms with Crippen LogP contribution in [0, 0.1) is 6.92 Å². The number of pyridine rings is 1. The van der Waals surface area contributed by atoms with Crippen LogP contribution in [-0.2, 0) is 6.61 Å². The third kappa shape index (κ3) is 3.45. The van der Waals surface area contributed by atoms with Crippen LogP contribution < -0.4 is 4.74 Å². The molecular formula is C14H12ClNO3. The number of carboxylic acid groups (broad SMARTS) is 1. The molecule has 1 aromatic carbocycles. The molecule has 0 aliphatic carbocycles. The summed E-state index contributed by atoms with van der Waals surface area (Å²) in [5, 5.41) is 9.67. The number of aryl methyl sites for hydroxylation is 1. The molecule has 98 valence electrons. The highest BCUT2D eigenvalue weighted by atomic mass is 35.5. The number of hydrogen-bond acceptors (Lipinski definition) is 3. The molecule has 0 aliphatic rings. The summed E-state index contributed by atoms with van der Waals surface area (Å²) in [5.41, 5.74) is 1.62. The van der Waals surface area contributed by atoms with Crippen LogP contribution >= 0.6 is 11.6 Å². The Morgan fingerprint density at radius 1 is 1.42 bits per heavy atom. The first kappa shape index (κ1) is 13.4. The molecule has 1 N–H and O–H groups in total. The molecule has 0 unspecified atom stereocenters. The SMILES string of the molecule is Cc1cc(OCc2cccc(Cl)c2)c(C(=O)O)cn1. The first-order valence-electron chi connectivity index (χ1n) is 5.63. The number of aromatic nitrogens is 1. The molecule has 0 saturated carbocycles. The Labute approximate surface area is 115 Å². The van der Waals surface area contributed by atoms with Crippen molar-refractivity contribution in [1.29, 1.82) is 0 Å². The summed E-state index contributed by atoms with van der Waals surface area (Å²) >= 11 is 5.87. The lowest BCUT2D eigenvalue weighted by molar-refractivity contribution is 0.0691. The Morgan fingerprint density at radius 2 is 2.21 bits per heavy atom. The Bertz CT molecular complexity index is 613. The van der Waals surface area contributed by atoms with Crippen molar-refractivity contribution in [3.8, 4) is 5.75 Å². The van der Waals surface area contributed by atoms with E-state index in [1.807, 2.05) is 12.1 Å². The van der Waals surface area contributed by atoms with Gasteiger partial charge in [0.05, 0.1) is 0 Å². The van der Waals surface area contributed by atoms with Crippen LogP contribution in [0.15, 0.2) is 36.5 Å². The van der Waals surface area contributed by atoms with Gasteiger partial charge in [0, 0.05) is 23.0 Å². The first-order chi connectivity index (χ1) is 9.06. The molecule has 1 heterocycles. The van der Waals surface area contributed by atoms with Gasteiger partial charge in [0.1, 0.15) is 17.9 Å². The normalized spacial score (nSPS) is 10.2. The van der Waals surface area contributed by atoms with Crippen molar-refractivity contribution in [1.82, 2.24) is 4.98 Å². The van der Waals surface area contributed by atoms with E-state index in [1.54, 1.807) is 25.1 Å². The Kier molecular flexibility index (Phi) is 4.02. The minimum absolute atomic E-state index is 0.0487. The molecule has 0 aliphatic heterocycles. The second kappa shape index (κ2) is 5.71. The molecule has 0 amide bonds. The smallest absolute Gasteiger partial charge is 0.341 e. The zero-order chi connectivity index (χ0) is 13.8. The van der Waals surface area contributed by atoms with Gasteiger partial charge >= 0.3 is 5.97 Å². The van der Waals surface area contributed by atoms with E-state index in [4.69, 9.17) is 21.4 Å². The zero-order valence-corrected chi connectivity index (χ0v) is 11.0. The van der Waals surface area contributed by atoms with Crippen LogP contribution in [0.2, 0.25) is 5.02 Å². The average molecular weight is 278 g/mol. The molecule has 2 rings (SSSR count). The summed E-state index contributed by atoms with van der Waals surface area (Å²) in [6, 6.07) is 8.83. The van der Waals surface area contributed by atoms with Crippen LogP contribution in [0.4, 0.5) is 0 Å². The van der Waals surface area contributed by atoms with Crippen molar-refractivity contribution in [2.75, 3.05) is 0 Å². The Balaban J connectivity index is 2.19. The summed E-state index contributed by atoms with van der Waals surface area (Å²) in [4.78, 5) is 15.0. The molecular weight excluding hydrogens is 266 g/mol. The highest BCUT2D eigenvalue weighted by Crippen LogP contribution is 2.20. The monoisotopic (exact) mass is 277 g/mol. The van der Waals surface area contributed by atoms with Gasteiger partial charge in [-0.15, -0.1) is 0 Å². The van der Waals surface area contributed by atoms with Gasteiger partial charge in [-0.2, -0.15) is 0 Å². The van der Waals surface area contributed by atoms with E-state index < -0.39 is 5.97 Å². The number of carboxylic acids is 1. The fourth-order valence-electron chi connectivity index (χ4n) is 1.60. The Hall–Kier alpha value is -2.07. The minimum atomic E-state index is -1.06. The summed E-state index contributed by atoms with van der Waals surface area (Å²) in [7, 11) is 0. The van der Waals surface area contributed by atoms with Crippen LogP contribution in [-0.4, -0.2) is 16.1 Å². The molecule has 0 spiro atoms. The van der Waals surface area contributed by atoms with Crippen LogP contribution in [0.3, 0.4) is 0 Å². The Morgan fingerprint density at radius 3 is 2.89 bits per heavy atom. The number of carbonyl (C=O) groups is 1. The van der Waals surface area contributed by atoms with Crippen molar-refractivity contribution >= 4 is 17.6 Å². The quantitative estimate of drug-likeness (QED) is 0.931. The third-order valence-corrected chi connectivity index (χ3v) is 2.75. The molecule has 1 aromatic heterocycles. The van der Waals surface area contributed by atoms with Crippen LogP contribution in [0.1, 0.15) is 21.6 Å². The number of halogens is 1. The molecule has 4 nitrogen and oxygen atoms in total. The van der Waals surface area contributed by atoms with Crippen LogP contribution in [0.25, 0.3) is 0 Å². The van der Waals surface area contributed by atoms with E-state index in [0.29, 0.717) is 16.5 Å². The van der Waals surface area contributed by atoms with Crippen molar-refractivity contribution in [3.05, 3.63) is 58.4 Å².